The molecule has 0 aliphatic heterocycles. The van der Waals surface area contributed by atoms with Crippen LogP contribution in [0.2, 0.25) is 0 Å². The molecule has 1 amide bonds. The second-order valence-corrected chi connectivity index (χ2v) is 1.28. The Morgan fingerprint density at radius 3 is 2.57 bits per heavy atom. The Morgan fingerprint density at radius 1 is 1.86 bits per heavy atom. The fourth-order valence-electron chi connectivity index (χ4n) is 0.286. The maximum atomic E-state index is 10.3. The van der Waals surface area contributed by atoms with Crippen LogP contribution in [0.1, 0.15) is 12.8 Å². The number of carbonyl (C=O) groups is 1. The number of nitrogens with one attached hydrogen (secondary N) is 1. The minimum Gasteiger partial charge on any atom is -0.359 e. The van der Waals surface area contributed by atoms with Gasteiger partial charge in [0.25, 0.3) is 0 Å². The fourth-order valence-corrected chi connectivity index (χ4v) is 0.286. The van der Waals surface area contributed by atoms with E-state index in [4.69, 9.17) is 0 Å². The molecule has 0 unspecified atom stereocenters. The van der Waals surface area contributed by atoms with Gasteiger partial charge in [-0.3, -0.25) is 4.79 Å². The minimum absolute atomic E-state index is 0.0648. The summed E-state index contributed by atoms with van der Waals surface area (Å²) in [6.45, 7) is 3.51. The molecular formula is C5H10NO. The van der Waals surface area contributed by atoms with Gasteiger partial charge in [-0.1, -0.05) is 6.92 Å². The van der Waals surface area contributed by atoms with E-state index in [0.717, 1.165) is 0 Å². The first-order chi connectivity index (χ1) is 3.31. The van der Waals surface area contributed by atoms with Crippen molar-refractivity contribution in [2.75, 3.05) is 7.05 Å². The summed E-state index contributed by atoms with van der Waals surface area (Å²) >= 11 is 0. The molecule has 0 aromatic carbocycles. The molecule has 0 rings (SSSR count). The first-order valence-electron chi connectivity index (χ1n) is 2.31. The SMILES string of the molecule is [CH2]CCC(=O)NC. The molecular weight excluding hydrogens is 90.1 g/mol. The van der Waals surface area contributed by atoms with Gasteiger partial charge in [0, 0.05) is 13.5 Å². The molecule has 0 saturated heterocycles. The Hall–Kier alpha value is -0.530. The lowest BCUT2D eigenvalue weighted by atomic mass is 10.3. The third kappa shape index (κ3) is 3.30. The van der Waals surface area contributed by atoms with Crippen LogP contribution >= 0.6 is 0 Å². The largest absolute Gasteiger partial charge is 0.359 e. The smallest absolute Gasteiger partial charge is 0.219 e. The van der Waals surface area contributed by atoms with Crippen molar-refractivity contribution < 1.29 is 4.79 Å². The second-order valence-electron chi connectivity index (χ2n) is 1.28. The molecule has 0 atom stereocenters. The van der Waals surface area contributed by atoms with Crippen LogP contribution in [0.5, 0.6) is 0 Å². The summed E-state index contributed by atoms with van der Waals surface area (Å²) in [4.78, 5) is 10.3. The number of amides is 1. The Balaban J connectivity index is 3.00. The molecule has 0 aliphatic carbocycles. The second kappa shape index (κ2) is 3.65. The van der Waals surface area contributed by atoms with E-state index in [1.54, 1.807) is 7.05 Å². The average molecular weight is 100 g/mol. The van der Waals surface area contributed by atoms with E-state index in [1.807, 2.05) is 0 Å². The van der Waals surface area contributed by atoms with Gasteiger partial charge >= 0.3 is 0 Å². The Morgan fingerprint density at radius 2 is 2.43 bits per heavy atom. The predicted octanol–water partition coefficient (Wildman–Crippen LogP) is 0.347. The molecule has 0 aromatic rings. The van der Waals surface area contributed by atoms with Gasteiger partial charge in [-0.2, -0.15) is 0 Å². The quantitative estimate of drug-likeness (QED) is 0.533. The van der Waals surface area contributed by atoms with E-state index in [2.05, 4.69) is 12.2 Å². The van der Waals surface area contributed by atoms with Crippen LogP contribution in [0.25, 0.3) is 0 Å². The number of hydrogen-bond acceptors (Lipinski definition) is 1. The van der Waals surface area contributed by atoms with Crippen LogP contribution in [0, 0.1) is 6.92 Å². The summed E-state index contributed by atoms with van der Waals surface area (Å²) in [5.74, 6) is 0.0648. The third-order valence-electron chi connectivity index (χ3n) is 0.683. The standard InChI is InChI=1S/C5H10NO/c1-3-4-5(7)6-2/h1,3-4H2,2H3,(H,6,7). The lowest BCUT2D eigenvalue weighted by Crippen LogP contribution is -2.16. The lowest BCUT2D eigenvalue weighted by Gasteiger charge is -1.91. The normalized spacial score (nSPS) is 8.29. The number of rotatable bonds is 2. The predicted molar refractivity (Wildman–Crippen MR) is 28.7 cm³/mol. The Kier molecular flexibility index (Phi) is 3.38. The lowest BCUT2D eigenvalue weighted by molar-refractivity contribution is -0.120. The van der Waals surface area contributed by atoms with E-state index in [9.17, 15) is 4.79 Å². The molecule has 41 valence electrons. The van der Waals surface area contributed by atoms with Gasteiger partial charge < -0.3 is 5.32 Å². The summed E-state index contributed by atoms with van der Waals surface area (Å²) in [6, 6.07) is 0. The van der Waals surface area contributed by atoms with E-state index >= 15 is 0 Å². The van der Waals surface area contributed by atoms with Crippen molar-refractivity contribution in [3.05, 3.63) is 6.92 Å². The van der Waals surface area contributed by atoms with Crippen molar-refractivity contribution in [1.29, 1.82) is 0 Å². The van der Waals surface area contributed by atoms with Gasteiger partial charge in [0.15, 0.2) is 0 Å². The van der Waals surface area contributed by atoms with Crippen LogP contribution in [0.15, 0.2) is 0 Å². The summed E-state index contributed by atoms with van der Waals surface area (Å²) in [5.41, 5.74) is 0. The molecule has 0 aromatic heterocycles. The first kappa shape index (κ1) is 6.47. The Labute approximate surface area is 43.9 Å². The molecule has 0 aliphatic rings. The minimum atomic E-state index is 0.0648. The van der Waals surface area contributed by atoms with Crippen molar-refractivity contribution >= 4 is 5.91 Å². The zero-order chi connectivity index (χ0) is 5.70. The highest BCUT2D eigenvalue weighted by atomic mass is 16.1. The van der Waals surface area contributed by atoms with Crippen molar-refractivity contribution in [3.63, 3.8) is 0 Å². The summed E-state index contributed by atoms with van der Waals surface area (Å²) < 4.78 is 0. The number of carbonyl (C=O) groups excluding carboxylic acids is 1. The monoisotopic (exact) mass is 100 g/mol. The molecule has 2 nitrogen and oxygen atoms in total. The topological polar surface area (TPSA) is 29.1 Å². The van der Waals surface area contributed by atoms with Crippen molar-refractivity contribution in [2.24, 2.45) is 0 Å². The number of hydrogen-bond donors (Lipinski definition) is 1. The van der Waals surface area contributed by atoms with Gasteiger partial charge in [0.05, 0.1) is 0 Å². The van der Waals surface area contributed by atoms with Gasteiger partial charge in [-0.25, -0.2) is 0 Å². The molecule has 1 N–H and O–H groups in total. The Bertz CT molecular complexity index is 61.1. The molecule has 2 heteroatoms. The third-order valence-corrected chi connectivity index (χ3v) is 0.683. The van der Waals surface area contributed by atoms with Crippen LogP contribution in [-0.2, 0) is 4.79 Å². The molecule has 7 heavy (non-hydrogen) atoms. The highest BCUT2D eigenvalue weighted by molar-refractivity contribution is 5.75. The van der Waals surface area contributed by atoms with Crippen LogP contribution in [0.4, 0.5) is 0 Å². The molecule has 1 radical (unpaired) electrons. The average Bonchev–Trinajstić information content (AvgIpc) is 1.68. The fraction of sp³-hybridized carbons (Fsp3) is 0.600. The highest BCUT2D eigenvalue weighted by Gasteiger charge is 1.89. The van der Waals surface area contributed by atoms with Crippen LogP contribution in [0.3, 0.4) is 0 Å². The van der Waals surface area contributed by atoms with Crippen molar-refractivity contribution in [1.82, 2.24) is 5.32 Å². The summed E-state index contributed by atoms with van der Waals surface area (Å²) in [5, 5.41) is 2.49. The van der Waals surface area contributed by atoms with E-state index < -0.39 is 0 Å². The van der Waals surface area contributed by atoms with Gasteiger partial charge in [-0.05, 0) is 6.42 Å². The van der Waals surface area contributed by atoms with Crippen LogP contribution < -0.4 is 5.32 Å². The maximum Gasteiger partial charge on any atom is 0.219 e. The molecule has 0 fully saturated rings. The van der Waals surface area contributed by atoms with Gasteiger partial charge in [0.2, 0.25) is 5.91 Å². The molecule has 0 spiro atoms. The van der Waals surface area contributed by atoms with Crippen molar-refractivity contribution in [3.8, 4) is 0 Å². The van der Waals surface area contributed by atoms with E-state index in [1.165, 1.54) is 0 Å². The van der Waals surface area contributed by atoms with Gasteiger partial charge in [0.1, 0.15) is 0 Å². The maximum absolute atomic E-state index is 10.3. The molecule has 0 bridgehead atoms. The van der Waals surface area contributed by atoms with Crippen LogP contribution in [-0.4, -0.2) is 13.0 Å². The highest BCUT2D eigenvalue weighted by Crippen LogP contribution is 1.81. The molecule has 0 heterocycles. The van der Waals surface area contributed by atoms with Gasteiger partial charge in [-0.15, -0.1) is 0 Å². The summed E-state index contributed by atoms with van der Waals surface area (Å²) in [6.07, 6.45) is 1.22. The molecule has 0 saturated carbocycles. The zero-order valence-electron chi connectivity index (χ0n) is 4.53. The van der Waals surface area contributed by atoms with E-state index in [-0.39, 0.29) is 5.91 Å². The summed E-state index contributed by atoms with van der Waals surface area (Å²) in [7, 11) is 1.62. The zero-order valence-corrected chi connectivity index (χ0v) is 4.53. The van der Waals surface area contributed by atoms with Crippen molar-refractivity contribution in [2.45, 2.75) is 12.8 Å². The van der Waals surface area contributed by atoms with E-state index in [0.29, 0.717) is 12.8 Å². The first-order valence-corrected chi connectivity index (χ1v) is 2.31.